The van der Waals surface area contributed by atoms with Crippen molar-refractivity contribution >= 4 is 6.09 Å². The van der Waals surface area contributed by atoms with Gasteiger partial charge in [0.1, 0.15) is 5.60 Å². The van der Waals surface area contributed by atoms with Crippen molar-refractivity contribution < 1.29 is 14.6 Å². The molecule has 1 unspecified atom stereocenters. The highest BCUT2D eigenvalue weighted by Crippen LogP contribution is 2.22. The number of hydrogen-bond acceptors (Lipinski definition) is 4. The summed E-state index contributed by atoms with van der Waals surface area (Å²) in [5, 5.41) is 16.3. The van der Waals surface area contributed by atoms with Crippen LogP contribution >= 0.6 is 0 Å². The van der Waals surface area contributed by atoms with Crippen LogP contribution in [0.3, 0.4) is 0 Å². The highest BCUT2D eigenvalue weighted by molar-refractivity contribution is 5.67. The van der Waals surface area contributed by atoms with Crippen molar-refractivity contribution in [2.75, 3.05) is 19.6 Å². The summed E-state index contributed by atoms with van der Waals surface area (Å²) >= 11 is 0. The molecule has 1 amide bonds. The summed E-state index contributed by atoms with van der Waals surface area (Å²) in [4.78, 5) is 11.4. The molecule has 0 aromatic heterocycles. The quantitative estimate of drug-likeness (QED) is 0.716. The van der Waals surface area contributed by atoms with Crippen LogP contribution in [0.5, 0.6) is 0 Å². The van der Waals surface area contributed by atoms with E-state index < -0.39 is 17.3 Å². The van der Waals surface area contributed by atoms with E-state index in [-0.39, 0.29) is 0 Å². The Bertz CT molecular complexity index is 266. The predicted molar refractivity (Wildman–Crippen MR) is 70.5 cm³/mol. The Labute approximate surface area is 109 Å². The van der Waals surface area contributed by atoms with Gasteiger partial charge in [-0.25, -0.2) is 4.79 Å². The van der Waals surface area contributed by atoms with Crippen LogP contribution in [0.4, 0.5) is 4.79 Å². The lowest BCUT2D eigenvalue weighted by molar-refractivity contribution is 0.0175. The lowest BCUT2D eigenvalue weighted by atomic mass is 9.91. The fourth-order valence-electron chi connectivity index (χ4n) is 2.07. The molecule has 1 saturated heterocycles. The maximum Gasteiger partial charge on any atom is 0.407 e. The van der Waals surface area contributed by atoms with Crippen molar-refractivity contribution in [2.45, 2.75) is 57.7 Å². The van der Waals surface area contributed by atoms with Gasteiger partial charge in [-0.05, 0) is 59.5 Å². The van der Waals surface area contributed by atoms with Crippen molar-refractivity contribution in [3.05, 3.63) is 0 Å². The van der Waals surface area contributed by atoms with Gasteiger partial charge in [-0.3, -0.25) is 0 Å². The van der Waals surface area contributed by atoms with E-state index in [0.29, 0.717) is 13.0 Å². The molecular weight excluding hydrogens is 232 g/mol. The monoisotopic (exact) mass is 258 g/mol. The molecule has 18 heavy (non-hydrogen) atoms. The highest BCUT2D eigenvalue weighted by atomic mass is 16.6. The molecule has 1 heterocycles. The van der Waals surface area contributed by atoms with E-state index in [2.05, 4.69) is 10.6 Å². The molecule has 1 atom stereocenters. The first-order valence-electron chi connectivity index (χ1n) is 6.71. The molecule has 0 radical (unpaired) electrons. The second-order valence-electron chi connectivity index (χ2n) is 6.01. The molecule has 1 fully saturated rings. The first-order chi connectivity index (χ1) is 8.31. The number of aliphatic hydroxyl groups is 1. The van der Waals surface area contributed by atoms with E-state index >= 15 is 0 Å². The van der Waals surface area contributed by atoms with Crippen LogP contribution in [0.1, 0.15) is 46.5 Å². The summed E-state index contributed by atoms with van der Waals surface area (Å²) in [5.41, 5.74) is -1.13. The van der Waals surface area contributed by atoms with Crippen LogP contribution in [0.15, 0.2) is 0 Å². The second kappa shape index (κ2) is 6.38. The Hall–Kier alpha value is -0.810. The zero-order valence-electron chi connectivity index (χ0n) is 11.7. The summed E-state index contributed by atoms with van der Waals surface area (Å²) in [6.45, 7) is 7.74. The summed E-state index contributed by atoms with van der Waals surface area (Å²) in [5.74, 6) is 0. The molecule has 0 saturated carbocycles. The topological polar surface area (TPSA) is 70.6 Å². The van der Waals surface area contributed by atoms with Gasteiger partial charge in [0.15, 0.2) is 0 Å². The fraction of sp³-hybridized carbons (Fsp3) is 0.923. The molecule has 0 aliphatic carbocycles. The number of ether oxygens (including phenoxy) is 1. The number of alkyl carbamates (subject to hydrolysis) is 1. The number of amides is 1. The summed E-state index contributed by atoms with van der Waals surface area (Å²) < 4.78 is 5.14. The number of carbonyl (C=O) groups is 1. The van der Waals surface area contributed by atoms with Gasteiger partial charge in [-0.2, -0.15) is 0 Å². The lowest BCUT2D eigenvalue weighted by Crippen LogP contribution is -2.38. The van der Waals surface area contributed by atoms with Crippen LogP contribution in [0, 0.1) is 0 Å². The van der Waals surface area contributed by atoms with Crippen molar-refractivity contribution in [3.8, 4) is 0 Å². The fourth-order valence-corrected chi connectivity index (χ4v) is 2.07. The highest BCUT2D eigenvalue weighted by Gasteiger charge is 2.27. The lowest BCUT2D eigenvalue weighted by Gasteiger charge is -2.26. The van der Waals surface area contributed by atoms with E-state index in [0.717, 1.165) is 32.4 Å². The summed E-state index contributed by atoms with van der Waals surface area (Å²) in [6.07, 6.45) is 2.66. The molecule has 0 aromatic rings. The molecule has 106 valence electrons. The van der Waals surface area contributed by atoms with Crippen molar-refractivity contribution in [2.24, 2.45) is 0 Å². The third kappa shape index (κ3) is 6.21. The molecule has 3 N–H and O–H groups in total. The van der Waals surface area contributed by atoms with E-state index in [4.69, 9.17) is 4.74 Å². The van der Waals surface area contributed by atoms with Crippen LogP contribution in [-0.2, 0) is 4.74 Å². The third-order valence-electron chi connectivity index (χ3n) is 3.02. The zero-order chi connectivity index (χ0) is 13.6. The Morgan fingerprint density at radius 3 is 2.78 bits per heavy atom. The molecule has 1 aliphatic heterocycles. The van der Waals surface area contributed by atoms with Gasteiger partial charge in [0, 0.05) is 6.54 Å². The molecule has 0 aromatic carbocycles. The molecular formula is C13H26N2O3. The minimum absolute atomic E-state index is 0.419. The van der Waals surface area contributed by atoms with Crippen molar-refractivity contribution in [1.29, 1.82) is 0 Å². The average Bonchev–Trinajstić information content (AvgIpc) is 2.40. The second-order valence-corrected chi connectivity index (χ2v) is 6.01. The molecule has 5 heteroatoms. The van der Waals surface area contributed by atoms with Gasteiger partial charge < -0.3 is 20.5 Å². The third-order valence-corrected chi connectivity index (χ3v) is 3.02. The number of carbonyl (C=O) groups excluding carboxylic acids is 1. The van der Waals surface area contributed by atoms with Crippen LogP contribution < -0.4 is 10.6 Å². The number of hydrogen-bond donors (Lipinski definition) is 3. The van der Waals surface area contributed by atoms with Crippen molar-refractivity contribution in [3.63, 3.8) is 0 Å². The van der Waals surface area contributed by atoms with Crippen molar-refractivity contribution in [1.82, 2.24) is 10.6 Å². The van der Waals surface area contributed by atoms with Gasteiger partial charge in [0.05, 0.1) is 5.60 Å². The summed E-state index contributed by atoms with van der Waals surface area (Å²) in [7, 11) is 0. The van der Waals surface area contributed by atoms with Gasteiger partial charge in [-0.1, -0.05) is 0 Å². The van der Waals surface area contributed by atoms with E-state index in [1.165, 1.54) is 0 Å². The van der Waals surface area contributed by atoms with E-state index in [9.17, 15) is 9.90 Å². The Morgan fingerprint density at radius 2 is 2.11 bits per heavy atom. The van der Waals surface area contributed by atoms with Gasteiger partial charge >= 0.3 is 6.09 Å². The Kier molecular flexibility index (Phi) is 5.41. The minimum Gasteiger partial charge on any atom is -0.444 e. The van der Waals surface area contributed by atoms with Gasteiger partial charge in [-0.15, -0.1) is 0 Å². The summed E-state index contributed by atoms with van der Waals surface area (Å²) in [6, 6.07) is 0. The van der Waals surface area contributed by atoms with E-state index in [1.807, 2.05) is 20.8 Å². The normalized spacial score (nSPS) is 25.3. The number of nitrogens with one attached hydrogen (secondary N) is 2. The van der Waals surface area contributed by atoms with Crippen LogP contribution in [-0.4, -0.2) is 42.0 Å². The largest absolute Gasteiger partial charge is 0.444 e. The average molecular weight is 258 g/mol. The standard InChI is InChI=1S/C13H26N2O3/c1-12(2,3)18-11(16)15-10-7-13(17)5-4-8-14-9-6-13/h14,17H,4-10H2,1-3H3,(H,15,16). The molecule has 1 aliphatic rings. The molecule has 0 spiro atoms. The zero-order valence-corrected chi connectivity index (χ0v) is 11.7. The van der Waals surface area contributed by atoms with Gasteiger partial charge in [0.2, 0.25) is 0 Å². The Balaban J connectivity index is 2.25. The van der Waals surface area contributed by atoms with Crippen LogP contribution in [0.2, 0.25) is 0 Å². The maximum atomic E-state index is 11.4. The molecule has 1 rings (SSSR count). The molecule has 0 bridgehead atoms. The first-order valence-corrected chi connectivity index (χ1v) is 6.71. The SMILES string of the molecule is CC(C)(C)OC(=O)NCCC1(O)CCCNCC1. The van der Waals surface area contributed by atoms with Crippen LogP contribution in [0.25, 0.3) is 0 Å². The first kappa shape index (κ1) is 15.2. The number of rotatable bonds is 3. The predicted octanol–water partition coefficient (Wildman–Crippen LogP) is 1.41. The van der Waals surface area contributed by atoms with Gasteiger partial charge in [0.25, 0.3) is 0 Å². The van der Waals surface area contributed by atoms with E-state index in [1.54, 1.807) is 0 Å². The maximum absolute atomic E-state index is 11.4. The Morgan fingerprint density at radius 1 is 1.39 bits per heavy atom. The minimum atomic E-state index is -0.654. The molecule has 5 nitrogen and oxygen atoms in total. The smallest absolute Gasteiger partial charge is 0.407 e.